The zero-order chi connectivity index (χ0) is 18.9. The average Bonchev–Trinajstić information content (AvgIpc) is 3.14. The van der Waals surface area contributed by atoms with Gasteiger partial charge in [-0.3, -0.25) is 0 Å². The van der Waals surface area contributed by atoms with Crippen molar-refractivity contribution >= 4 is 56.4 Å². The number of hydrogen-bond acceptors (Lipinski definition) is 2. The van der Waals surface area contributed by atoms with Crippen LogP contribution < -0.4 is 0 Å². The van der Waals surface area contributed by atoms with Gasteiger partial charge in [-0.15, -0.1) is 0 Å². The summed E-state index contributed by atoms with van der Waals surface area (Å²) in [5.74, 6) is 0. The van der Waals surface area contributed by atoms with Gasteiger partial charge in [0.15, 0.2) is 0 Å². The Kier molecular flexibility index (Phi) is 4.96. The molecule has 136 valence electrons. The molecule has 0 amide bonds. The Labute approximate surface area is 176 Å². The summed E-state index contributed by atoms with van der Waals surface area (Å²) in [6, 6.07) is 33.0. The Morgan fingerprint density at radius 2 is 1.29 bits per heavy atom. The molecule has 1 unspecified atom stereocenters. The van der Waals surface area contributed by atoms with E-state index in [0.717, 1.165) is 9.79 Å². The van der Waals surface area contributed by atoms with Crippen molar-refractivity contribution in [1.29, 1.82) is 0 Å². The summed E-state index contributed by atoms with van der Waals surface area (Å²) < 4.78 is 16.1. The van der Waals surface area contributed by atoms with Crippen LogP contribution in [0.15, 0.2) is 117 Å². The zero-order valence-corrected chi connectivity index (χ0v) is 18.2. The maximum atomic E-state index is 13.4. The third-order valence-electron chi connectivity index (χ3n) is 4.57. The molecule has 0 radical (unpaired) electrons. The fraction of sp³-hybridized carbons (Fsp3) is 0. The number of fused-ring (bicyclic) bond motifs is 3. The van der Waals surface area contributed by atoms with E-state index in [1.165, 1.54) is 29.1 Å². The molecule has 0 bridgehead atoms. The van der Waals surface area contributed by atoms with Crippen LogP contribution in [0, 0.1) is 0 Å². The van der Waals surface area contributed by atoms with Crippen molar-refractivity contribution in [3.05, 3.63) is 97.1 Å². The molecule has 28 heavy (non-hydrogen) atoms. The molecule has 1 heterocycles. The van der Waals surface area contributed by atoms with Crippen LogP contribution in [0.1, 0.15) is 0 Å². The molecule has 4 aromatic carbocycles. The quantitative estimate of drug-likeness (QED) is 0.288. The SMILES string of the molecule is O=S(c1ccccc1)c1cccc2[se]c3cccc(Sc4ccccc4)c3c12. The van der Waals surface area contributed by atoms with Gasteiger partial charge >= 0.3 is 177 Å². The van der Waals surface area contributed by atoms with Gasteiger partial charge in [0.25, 0.3) is 0 Å². The van der Waals surface area contributed by atoms with Crippen molar-refractivity contribution < 1.29 is 4.21 Å². The molecule has 1 nitrogen and oxygen atoms in total. The monoisotopic (exact) mass is 464 g/mol. The standard InChI is InChI=1S/C24H16OS2Se/c25-27(18-11-5-2-6-12-18)20-14-8-16-22-24(20)23-19(13-7-15-21(23)28-22)26-17-9-3-1-4-10-17/h1-16H. The van der Waals surface area contributed by atoms with E-state index in [-0.39, 0.29) is 14.5 Å². The van der Waals surface area contributed by atoms with Crippen LogP contribution in [0.4, 0.5) is 0 Å². The van der Waals surface area contributed by atoms with Crippen LogP contribution >= 0.6 is 11.8 Å². The first-order valence-electron chi connectivity index (χ1n) is 8.95. The first-order chi connectivity index (χ1) is 13.8. The Bertz CT molecular complexity index is 1290. The van der Waals surface area contributed by atoms with Crippen LogP contribution in [0.25, 0.3) is 19.3 Å². The molecule has 0 saturated carbocycles. The van der Waals surface area contributed by atoms with Crippen LogP contribution in [-0.4, -0.2) is 18.7 Å². The first kappa shape index (κ1) is 18.0. The summed E-state index contributed by atoms with van der Waals surface area (Å²) in [5, 5.41) is 2.45. The summed E-state index contributed by atoms with van der Waals surface area (Å²) in [5.41, 5.74) is 0. The molecular formula is C24H16OS2Se. The summed E-state index contributed by atoms with van der Waals surface area (Å²) in [7, 11) is -1.19. The Morgan fingerprint density at radius 3 is 2.04 bits per heavy atom. The predicted octanol–water partition coefficient (Wildman–Crippen LogP) is 6.37. The molecule has 5 aromatic rings. The van der Waals surface area contributed by atoms with Crippen molar-refractivity contribution in [3.63, 3.8) is 0 Å². The van der Waals surface area contributed by atoms with Gasteiger partial charge in [-0.1, -0.05) is 0 Å². The van der Waals surface area contributed by atoms with Crippen LogP contribution in [0.3, 0.4) is 0 Å². The zero-order valence-electron chi connectivity index (χ0n) is 14.9. The molecule has 0 aliphatic carbocycles. The predicted molar refractivity (Wildman–Crippen MR) is 120 cm³/mol. The fourth-order valence-electron chi connectivity index (χ4n) is 3.33. The first-order valence-corrected chi connectivity index (χ1v) is 12.6. The topological polar surface area (TPSA) is 17.1 Å². The summed E-state index contributed by atoms with van der Waals surface area (Å²) in [6.45, 7) is 0. The molecule has 1 aromatic heterocycles. The van der Waals surface area contributed by atoms with Gasteiger partial charge in [0, 0.05) is 0 Å². The van der Waals surface area contributed by atoms with Crippen molar-refractivity contribution in [3.8, 4) is 0 Å². The summed E-state index contributed by atoms with van der Waals surface area (Å²) in [4.78, 5) is 4.23. The van der Waals surface area contributed by atoms with Gasteiger partial charge in [0.1, 0.15) is 0 Å². The van der Waals surface area contributed by atoms with Crippen LogP contribution in [0.2, 0.25) is 0 Å². The molecule has 5 rings (SSSR count). The second-order valence-corrected chi connectivity index (χ2v) is 11.2. The van der Waals surface area contributed by atoms with E-state index < -0.39 is 10.8 Å². The molecule has 0 spiro atoms. The molecule has 0 N–H and O–H groups in total. The maximum absolute atomic E-state index is 13.4. The minimum absolute atomic E-state index is 0.245. The van der Waals surface area contributed by atoms with Crippen molar-refractivity contribution in [2.45, 2.75) is 19.6 Å². The number of rotatable bonds is 4. The second kappa shape index (κ2) is 7.73. The van der Waals surface area contributed by atoms with Gasteiger partial charge in [-0.2, -0.15) is 0 Å². The third kappa shape index (κ3) is 3.27. The average molecular weight is 463 g/mol. The van der Waals surface area contributed by atoms with Crippen LogP contribution in [-0.2, 0) is 10.8 Å². The van der Waals surface area contributed by atoms with E-state index in [4.69, 9.17) is 0 Å². The van der Waals surface area contributed by atoms with E-state index in [0.29, 0.717) is 0 Å². The van der Waals surface area contributed by atoms with Crippen LogP contribution in [0.5, 0.6) is 0 Å². The van der Waals surface area contributed by atoms with E-state index in [2.05, 4.69) is 48.5 Å². The molecule has 0 saturated heterocycles. The third-order valence-corrected chi connectivity index (χ3v) is 9.43. The molecular weight excluding hydrogens is 447 g/mol. The summed E-state index contributed by atoms with van der Waals surface area (Å²) >= 11 is 2.03. The van der Waals surface area contributed by atoms with Crippen molar-refractivity contribution in [1.82, 2.24) is 0 Å². The van der Waals surface area contributed by atoms with Crippen molar-refractivity contribution in [2.75, 3.05) is 0 Å². The van der Waals surface area contributed by atoms with Crippen molar-refractivity contribution in [2.24, 2.45) is 0 Å². The number of benzene rings is 4. The Balaban J connectivity index is 1.75. The van der Waals surface area contributed by atoms with E-state index >= 15 is 0 Å². The normalized spacial score (nSPS) is 12.4. The minimum atomic E-state index is -1.19. The molecule has 0 aliphatic heterocycles. The Morgan fingerprint density at radius 1 is 0.643 bits per heavy atom. The molecule has 1 atom stereocenters. The Hall–Kier alpha value is -2.10. The van der Waals surface area contributed by atoms with Gasteiger partial charge in [-0.25, -0.2) is 0 Å². The molecule has 0 aliphatic rings. The van der Waals surface area contributed by atoms with E-state index in [9.17, 15) is 4.21 Å². The number of hydrogen-bond donors (Lipinski definition) is 0. The van der Waals surface area contributed by atoms with Gasteiger partial charge < -0.3 is 0 Å². The molecule has 0 fully saturated rings. The van der Waals surface area contributed by atoms with E-state index in [1.807, 2.05) is 48.5 Å². The molecule has 4 heteroatoms. The van der Waals surface area contributed by atoms with Gasteiger partial charge in [0.2, 0.25) is 0 Å². The summed E-state index contributed by atoms with van der Waals surface area (Å²) in [6.07, 6.45) is 0. The second-order valence-electron chi connectivity index (χ2n) is 6.36. The van der Waals surface area contributed by atoms with E-state index in [1.54, 1.807) is 11.8 Å². The van der Waals surface area contributed by atoms with Gasteiger partial charge in [-0.05, 0) is 0 Å². The fourth-order valence-corrected chi connectivity index (χ4v) is 8.32. The van der Waals surface area contributed by atoms with Gasteiger partial charge in [0.05, 0.1) is 0 Å².